The van der Waals surface area contributed by atoms with Crippen molar-refractivity contribution >= 4 is 12.1 Å². The van der Waals surface area contributed by atoms with Gasteiger partial charge in [0.25, 0.3) is 0 Å². The standard InChI is InChI=1S/C16H16N2O4/c1-9-14(22-16(20)21-2)12(10-6-4-3-5-7-10)13-11(18-9)8-17-15(13)19/h3-7,12,18H,8H2,1-2H3,(H,17,19). The van der Waals surface area contributed by atoms with Crippen molar-refractivity contribution in [1.82, 2.24) is 10.6 Å². The third kappa shape index (κ3) is 2.32. The largest absolute Gasteiger partial charge is 0.513 e. The molecule has 0 spiro atoms. The molecule has 0 saturated carbocycles. The molecule has 22 heavy (non-hydrogen) atoms. The predicted molar refractivity (Wildman–Crippen MR) is 78.5 cm³/mol. The molecule has 114 valence electrons. The number of hydrogen-bond donors (Lipinski definition) is 2. The van der Waals surface area contributed by atoms with Crippen LogP contribution >= 0.6 is 0 Å². The Hall–Kier alpha value is -2.76. The summed E-state index contributed by atoms with van der Waals surface area (Å²) in [6.07, 6.45) is -0.806. The lowest BCUT2D eigenvalue weighted by Gasteiger charge is -2.28. The van der Waals surface area contributed by atoms with Crippen molar-refractivity contribution in [3.63, 3.8) is 0 Å². The average molecular weight is 300 g/mol. The summed E-state index contributed by atoms with van der Waals surface area (Å²) >= 11 is 0. The second-order valence-corrected chi connectivity index (χ2v) is 5.09. The van der Waals surface area contributed by atoms with Gasteiger partial charge in [0.05, 0.1) is 30.8 Å². The van der Waals surface area contributed by atoms with Crippen LogP contribution in [0.5, 0.6) is 0 Å². The topological polar surface area (TPSA) is 76.7 Å². The third-order valence-corrected chi connectivity index (χ3v) is 3.75. The van der Waals surface area contributed by atoms with Gasteiger partial charge in [-0.3, -0.25) is 4.79 Å². The van der Waals surface area contributed by atoms with Crippen LogP contribution in [0.25, 0.3) is 0 Å². The molecule has 0 radical (unpaired) electrons. The van der Waals surface area contributed by atoms with E-state index in [0.717, 1.165) is 11.3 Å². The molecule has 2 aliphatic rings. The Morgan fingerprint density at radius 2 is 2.00 bits per heavy atom. The lowest BCUT2D eigenvalue weighted by molar-refractivity contribution is -0.116. The second kappa shape index (κ2) is 5.55. The van der Waals surface area contributed by atoms with Crippen LogP contribution in [0.4, 0.5) is 4.79 Å². The number of dihydropyridines is 1. The molecule has 1 atom stereocenters. The van der Waals surface area contributed by atoms with Crippen LogP contribution in [0, 0.1) is 0 Å². The van der Waals surface area contributed by atoms with Crippen molar-refractivity contribution in [2.24, 2.45) is 0 Å². The maximum atomic E-state index is 12.2. The number of carbonyl (C=O) groups is 2. The maximum Gasteiger partial charge on any atom is 0.513 e. The highest BCUT2D eigenvalue weighted by Gasteiger charge is 2.39. The Morgan fingerprint density at radius 1 is 1.27 bits per heavy atom. The van der Waals surface area contributed by atoms with Gasteiger partial charge in [-0.2, -0.15) is 0 Å². The van der Waals surface area contributed by atoms with E-state index in [2.05, 4.69) is 15.4 Å². The molecule has 6 heteroatoms. The van der Waals surface area contributed by atoms with E-state index in [1.807, 2.05) is 30.3 Å². The van der Waals surface area contributed by atoms with E-state index >= 15 is 0 Å². The van der Waals surface area contributed by atoms with Crippen LogP contribution in [-0.2, 0) is 14.3 Å². The molecule has 0 fully saturated rings. The molecule has 2 N–H and O–H groups in total. The molecule has 1 unspecified atom stereocenters. The first kappa shape index (κ1) is 14.2. The molecule has 0 aliphatic carbocycles. The highest BCUT2D eigenvalue weighted by molar-refractivity contribution is 5.99. The van der Waals surface area contributed by atoms with Crippen molar-refractivity contribution in [1.29, 1.82) is 0 Å². The van der Waals surface area contributed by atoms with E-state index in [0.29, 0.717) is 23.6 Å². The number of rotatable bonds is 2. The first-order chi connectivity index (χ1) is 10.6. The van der Waals surface area contributed by atoms with Gasteiger partial charge in [-0.15, -0.1) is 0 Å². The zero-order valence-corrected chi connectivity index (χ0v) is 12.3. The number of ether oxygens (including phenoxy) is 2. The van der Waals surface area contributed by atoms with E-state index in [-0.39, 0.29) is 5.91 Å². The first-order valence-corrected chi connectivity index (χ1v) is 6.91. The van der Waals surface area contributed by atoms with Crippen molar-refractivity contribution in [2.45, 2.75) is 12.8 Å². The molecule has 6 nitrogen and oxygen atoms in total. The smallest absolute Gasteiger partial charge is 0.437 e. The normalized spacial score (nSPS) is 20.3. The molecule has 2 aliphatic heterocycles. The number of benzene rings is 1. The Balaban J connectivity index is 2.09. The van der Waals surface area contributed by atoms with Gasteiger partial charge >= 0.3 is 6.16 Å². The quantitative estimate of drug-likeness (QED) is 0.814. The summed E-state index contributed by atoms with van der Waals surface area (Å²) in [6.45, 7) is 2.25. The zero-order chi connectivity index (χ0) is 15.7. The molecule has 1 amide bonds. The lowest BCUT2D eigenvalue weighted by atomic mass is 9.85. The zero-order valence-electron chi connectivity index (χ0n) is 12.3. The SMILES string of the molecule is COC(=O)OC1=C(C)NC2=C(C(=O)NC2)C1c1ccccc1. The molecule has 3 rings (SSSR count). The maximum absolute atomic E-state index is 12.2. The van der Waals surface area contributed by atoms with Crippen molar-refractivity contribution in [2.75, 3.05) is 13.7 Å². The number of nitrogens with one attached hydrogen (secondary N) is 2. The summed E-state index contributed by atoms with van der Waals surface area (Å²) < 4.78 is 9.90. The van der Waals surface area contributed by atoms with Crippen molar-refractivity contribution < 1.29 is 19.1 Å². The average Bonchev–Trinajstić information content (AvgIpc) is 2.89. The molecule has 0 saturated heterocycles. The summed E-state index contributed by atoms with van der Waals surface area (Å²) in [5, 5.41) is 5.93. The van der Waals surface area contributed by atoms with Gasteiger partial charge < -0.3 is 20.1 Å². The Labute approximate surface area is 127 Å². The second-order valence-electron chi connectivity index (χ2n) is 5.09. The van der Waals surface area contributed by atoms with E-state index in [4.69, 9.17) is 4.74 Å². The fraction of sp³-hybridized carbons (Fsp3) is 0.250. The third-order valence-electron chi connectivity index (χ3n) is 3.75. The minimum atomic E-state index is -0.806. The number of amides is 1. The van der Waals surface area contributed by atoms with Crippen LogP contribution in [0.15, 0.2) is 53.1 Å². The first-order valence-electron chi connectivity index (χ1n) is 6.91. The van der Waals surface area contributed by atoms with Crippen LogP contribution in [-0.4, -0.2) is 25.7 Å². The summed E-state index contributed by atoms with van der Waals surface area (Å²) in [7, 11) is 1.25. The number of methoxy groups -OCH3 is 1. The summed E-state index contributed by atoms with van der Waals surface area (Å²) in [5.74, 6) is -0.206. The van der Waals surface area contributed by atoms with Gasteiger partial charge in [0.1, 0.15) is 5.76 Å². The highest BCUT2D eigenvalue weighted by Crippen LogP contribution is 2.40. The van der Waals surface area contributed by atoms with Gasteiger partial charge in [0.2, 0.25) is 5.91 Å². The molecule has 0 aromatic heterocycles. The molecule has 1 aromatic carbocycles. The summed E-state index contributed by atoms with van der Waals surface area (Å²) in [5.41, 5.74) is 2.96. The van der Waals surface area contributed by atoms with Gasteiger partial charge in [0.15, 0.2) is 0 Å². The number of hydrogen-bond acceptors (Lipinski definition) is 5. The lowest BCUT2D eigenvalue weighted by Crippen LogP contribution is -2.28. The molecule has 1 aromatic rings. The van der Waals surface area contributed by atoms with Gasteiger partial charge in [-0.05, 0) is 12.5 Å². The molecule has 0 bridgehead atoms. The van der Waals surface area contributed by atoms with Crippen LogP contribution < -0.4 is 10.6 Å². The van der Waals surface area contributed by atoms with Crippen LogP contribution in [0.2, 0.25) is 0 Å². The van der Waals surface area contributed by atoms with Gasteiger partial charge in [0, 0.05) is 5.70 Å². The highest BCUT2D eigenvalue weighted by atomic mass is 16.7. The number of carbonyl (C=O) groups excluding carboxylic acids is 2. The van der Waals surface area contributed by atoms with Crippen molar-refractivity contribution in [3.8, 4) is 0 Å². The fourth-order valence-electron chi connectivity index (χ4n) is 2.78. The van der Waals surface area contributed by atoms with Gasteiger partial charge in [-0.25, -0.2) is 4.79 Å². The van der Waals surface area contributed by atoms with E-state index in [1.54, 1.807) is 6.92 Å². The van der Waals surface area contributed by atoms with Crippen LogP contribution in [0.3, 0.4) is 0 Å². The van der Waals surface area contributed by atoms with Gasteiger partial charge in [-0.1, -0.05) is 30.3 Å². The Morgan fingerprint density at radius 3 is 2.68 bits per heavy atom. The van der Waals surface area contributed by atoms with E-state index in [1.165, 1.54) is 7.11 Å². The Bertz CT molecular complexity index is 691. The minimum Gasteiger partial charge on any atom is -0.437 e. The van der Waals surface area contributed by atoms with Crippen molar-refractivity contribution in [3.05, 3.63) is 58.6 Å². The predicted octanol–water partition coefficient (Wildman–Crippen LogP) is 1.77. The molecular weight excluding hydrogens is 284 g/mol. The van der Waals surface area contributed by atoms with Crippen LogP contribution in [0.1, 0.15) is 18.4 Å². The molecular formula is C16H16N2O4. The fourth-order valence-corrected chi connectivity index (χ4v) is 2.78. The van der Waals surface area contributed by atoms with E-state index < -0.39 is 12.1 Å². The number of allylic oxidation sites excluding steroid dienone is 2. The molecule has 2 heterocycles. The van der Waals surface area contributed by atoms with E-state index in [9.17, 15) is 9.59 Å². The summed E-state index contributed by atoms with van der Waals surface area (Å²) in [4.78, 5) is 23.7. The monoisotopic (exact) mass is 300 g/mol. The minimum absolute atomic E-state index is 0.158. The Kier molecular flexibility index (Phi) is 3.58. The summed E-state index contributed by atoms with van der Waals surface area (Å²) in [6, 6.07) is 9.47.